The van der Waals surface area contributed by atoms with Gasteiger partial charge in [-0.15, -0.1) is 0 Å². The first-order valence-corrected chi connectivity index (χ1v) is 6.22. The van der Waals surface area contributed by atoms with Gasteiger partial charge in [0.25, 0.3) is 0 Å². The molecule has 4 heteroatoms. The standard InChI is InChI=1S/C14H12BrFO2/c1-9-13(17)3-2-4-14(9)18-8-10-5-6-11(15)7-12(10)16/h2-7,17H,8H2,1H3. The van der Waals surface area contributed by atoms with Crippen molar-refractivity contribution in [3.05, 3.63) is 57.8 Å². The van der Waals surface area contributed by atoms with Gasteiger partial charge in [0.05, 0.1) is 0 Å². The average Bonchev–Trinajstić information content (AvgIpc) is 2.33. The lowest BCUT2D eigenvalue weighted by Gasteiger charge is -2.10. The third-order valence-corrected chi connectivity index (χ3v) is 3.15. The molecule has 0 spiro atoms. The summed E-state index contributed by atoms with van der Waals surface area (Å²) in [5, 5.41) is 9.53. The maximum atomic E-state index is 13.6. The van der Waals surface area contributed by atoms with E-state index in [-0.39, 0.29) is 18.2 Å². The molecule has 0 aliphatic heterocycles. The van der Waals surface area contributed by atoms with Crippen LogP contribution < -0.4 is 4.74 Å². The highest BCUT2D eigenvalue weighted by molar-refractivity contribution is 9.10. The van der Waals surface area contributed by atoms with Crippen LogP contribution in [0.3, 0.4) is 0 Å². The molecule has 0 bridgehead atoms. The zero-order valence-corrected chi connectivity index (χ0v) is 11.4. The molecule has 0 unspecified atom stereocenters. The molecule has 0 aliphatic carbocycles. The van der Waals surface area contributed by atoms with Gasteiger partial charge >= 0.3 is 0 Å². The van der Waals surface area contributed by atoms with Crippen LogP contribution in [0, 0.1) is 12.7 Å². The van der Waals surface area contributed by atoms with Crippen molar-refractivity contribution in [3.63, 3.8) is 0 Å². The quantitative estimate of drug-likeness (QED) is 0.921. The number of rotatable bonds is 3. The van der Waals surface area contributed by atoms with Gasteiger partial charge in [-0.3, -0.25) is 0 Å². The zero-order chi connectivity index (χ0) is 13.1. The van der Waals surface area contributed by atoms with E-state index in [1.54, 1.807) is 37.3 Å². The molecule has 0 radical (unpaired) electrons. The van der Waals surface area contributed by atoms with Gasteiger partial charge in [-0.05, 0) is 31.2 Å². The van der Waals surface area contributed by atoms with Crippen molar-refractivity contribution in [2.75, 3.05) is 0 Å². The minimum absolute atomic E-state index is 0.128. The van der Waals surface area contributed by atoms with Crippen molar-refractivity contribution < 1.29 is 14.2 Å². The molecule has 0 aromatic heterocycles. The molecule has 2 aromatic rings. The van der Waals surface area contributed by atoms with E-state index < -0.39 is 0 Å². The summed E-state index contributed by atoms with van der Waals surface area (Å²) in [4.78, 5) is 0. The summed E-state index contributed by atoms with van der Waals surface area (Å²) in [6.07, 6.45) is 0. The van der Waals surface area contributed by atoms with Crippen LogP contribution in [0.25, 0.3) is 0 Å². The van der Waals surface area contributed by atoms with Crippen LogP contribution in [0.1, 0.15) is 11.1 Å². The van der Waals surface area contributed by atoms with Gasteiger partial charge < -0.3 is 9.84 Å². The number of benzene rings is 2. The molecule has 2 nitrogen and oxygen atoms in total. The highest BCUT2D eigenvalue weighted by atomic mass is 79.9. The Bertz CT molecular complexity index is 570. The number of hydrogen-bond acceptors (Lipinski definition) is 2. The lowest BCUT2D eigenvalue weighted by atomic mass is 10.2. The minimum atomic E-state index is -0.317. The first-order chi connectivity index (χ1) is 8.58. The van der Waals surface area contributed by atoms with E-state index in [0.29, 0.717) is 21.3 Å². The number of aromatic hydroxyl groups is 1. The molecule has 0 amide bonds. The molecule has 2 rings (SSSR count). The van der Waals surface area contributed by atoms with Crippen molar-refractivity contribution >= 4 is 15.9 Å². The van der Waals surface area contributed by atoms with E-state index >= 15 is 0 Å². The van der Waals surface area contributed by atoms with Crippen LogP contribution in [-0.2, 0) is 6.61 Å². The molecule has 0 fully saturated rings. The second-order valence-electron chi connectivity index (χ2n) is 3.92. The van der Waals surface area contributed by atoms with Gasteiger partial charge in [0.1, 0.15) is 23.9 Å². The van der Waals surface area contributed by atoms with E-state index in [4.69, 9.17) is 4.74 Å². The first kappa shape index (κ1) is 12.9. The molecule has 94 valence electrons. The average molecular weight is 311 g/mol. The molecule has 1 N–H and O–H groups in total. The van der Waals surface area contributed by atoms with Gasteiger partial charge in [0.15, 0.2) is 0 Å². The van der Waals surface area contributed by atoms with Crippen molar-refractivity contribution in [2.45, 2.75) is 13.5 Å². The molecular weight excluding hydrogens is 299 g/mol. The van der Waals surface area contributed by atoms with Gasteiger partial charge in [-0.1, -0.05) is 28.1 Å². The second kappa shape index (κ2) is 5.40. The summed E-state index contributed by atoms with van der Waals surface area (Å²) < 4.78 is 19.8. The number of phenolic OH excluding ortho intramolecular Hbond substituents is 1. The fourth-order valence-electron chi connectivity index (χ4n) is 1.55. The van der Waals surface area contributed by atoms with Gasteiger partial charge in [-0.2, -0.15) is 0 Å². The molecule has 0 saturated carbocycles. The SMILES string of the molecule is Cc1c(O)cccc1OCc1ccc(Br)cc1F. The summed E-state index contributed by atoms with van der Waals surface area (Å²) in [5.74, 6) is 0.406. The van der Waals surface area contributed by atoms with Crippen LogP contribution in [-0.4, -0.2) is 5.11 Å². The Morgan fingerprint density at radius 1 is 1.28 bits per heavy atom. The number of phenols is 1. The molecule has 0 saturated heterocycles. The van der Waals surface area contributed by atoms with E-state index in [9.17, 15) is 9.50 Å². The Labute approximate surface area is 113 Å². The summed E-state index contributed by atoms with van der Waals surface area (Å²) in [6, 6.07) is 9.84. The molecule has 18 heavy (non-hydrogen) atoms. The second-order valence-corrected chi connectivity index (χ2v) is 4.84. The fourth-order valence-corrected chi connectivity index (χ4v) is 1.89. The predicted molar refractivity (Wildman–Crippen MR) is 71.3 cm³/mol. The Balaban J connectivity index is 2.14. The number of ether oxygens (including phenoxy) is 1. The van der Waals surface area contributed by atoms with Gasteiger partial charge in [0, 0.05) is 15.6 Å². The van der Waals surface area contributed by atoms with Crippen LogP contribution in [0.15, 0.2) is 40.9 Å². The monoisotopic (exact) mass is 310 g/mol. The number of halogens is 2. The van der Waals surface area contributed by atoms with E-state index in [1.807, 2.05) is 0 Å². The predicted octanol–water partition coefficient (Wildman–Crippen LogP) is 4.18. The fraction of sp³-hybridized carbons (Fsp3) is 0.143. The Kier molecular flexibility index (Phi) is 3.87. The molecule has 0 atom stereocenters. The Hall–Kier alpha value is -1.55. The molecule has 0 aliphatic rings. The van der Waals surface area contributed by atoms with Crippen LogP contribution in [0.4, 0.5) is 4.39 Å². The third-order valence-electron chi connectivity index (χ3n) is 2.65. The van der Waals surface area contributed by atoms with E-state index in [0.717, 1.165) is 0 Å². The maximum absolute atomic E-state index is 13.6. The Morgan fingerprint density at radius 2 is 2.06 bits per heavy atom. The van der Waals surface area contributed by atoms with Crippen molar-refractivity contribution in [1.29, 1.82) is 0 Å². The minimum Gasteiger partial charge on any atom is -0.508 e. The summed E-state index contributed by atoms with van der Waals surface area (Å²) >= 11 is 3.20. The summed E-state index contributed by atoms with van der Waals surface area (Å²) in [7, 11) is 0. The highest BCUT2D eigenvalue weighted by Gasteiger charge is 2.07. The number of hydrogen-bond donors (Lipinski definition) is 1. The smallest absolute Gasteiger partial charge is 0.130 e. The van der Waals surface area contributed by atoms with Crippen LogP contribution in [0.2, 0.25) is 0 Å². The highest BCUT2D eigenvalue weighted by Crippen LogP contribution is 2.27. The third kappa shape index (κ3) is 2.82. The molecule has 0 heterocycles. The topological polar surface area (TPSA) is 29.5 Å². The van der Waals surface area contributed by atoms with E-state index in [2.05, 4.69) is 15.9 Å². The molecule has 2 aromatic carbocycles. The van der Waals surface area contributed by atoms with Gasteiger partial charge in [-0.25, -0.2) is 4.39 Å². The van der Waals surface area contributed by atoms with Gasteiger partial charge in [0.2, 0.25) is 0 Å². The maximum Gasteiger partial charge on any atom is 0.130 e. The lowest BCUT2D eigenvalue weighted by molar-refractivity contribution is 0.295. The summed E-state index contributed by atoms with van der Waals surface area (Å²) in [6.45, 7) is 1.88. The first-order valence-electron chi connectivity index (χ1n) is 5.43. The largest absolute Gasteiger partial charge is 0.508 e. The van der Waals surface area contributed by atoms with Crippen LogP contribution >= 0.6 is 15.9 Å². The lowest BCUT2D eigenvalue weighted by Crippen LogP contribution is -1.99. The summed E-state index contributed by atoms with van der Waals surface area (Å²) in [5.41, 5.74) is 1.12. The zero-order valence-electron chi connectivity index (χ0n) is 9.78. The molecular formula is C14H12BrFO2. The Morgan fingerprint density at radius 3 is 2.78 bits per heavy atom. The van der Waals surface area contributed by atoms with Crippen molar-refractivity contribution in [3.8, 4) is 11.5 Å². The normalized spacial score (nSPS) is 10.4. The van der Waals surface area contributed by atoms with E-state index in [1.165, 1.54) is 6.07 Å². The van der Waals surface area contributed by atoms with Crippen molar-refractivity contribution in [2.24, 2.45) is 0 Å². The van der Waals surface area contributed by atoms with Crippen LogP contribution in [0.5, 0.6) is 11.5 Å². The van der Waals surface area contributed by atoms with Crippen molar-refractivity contribution in [1.82, 2.24) is 0 Å².